The van der Waals surface area contributed by atoms with Gasteiger partial charge in [0.25, 0.3) is 0 Å². The van der Waals surface area contributed by atoms with E-state index < -0.39 is 41.9 Å². The number of nitrogens with two attached hydrogens (primary N) is 2. The second-order valence-electron chi connectivity index (χ2n) is 10.0. The fourth-order valence-electron chi connectivity index (χ4n) is 4.41. The summed E-state index contributed by atoms with van der Waals surface area (Å²) >= 11 is 4.22. The Hall–Kier alpha value is -4.56. The summed E-state index contributed by atoms with van der Waals surface area (Å²) in [6.07, 6.45) is 4.47. The minimum absolute atomic E-state index is 0.0304. The van der Waals surface area contributed by atoms with Gasteiger partial charge in [-0.25, -0.2) is 0 Å². The van der Waals surface area contributed by atoms with Gasteiger partial charge < -0.3 is 42.8 Å². The Morgan fingerprint density at radius 2 is 1.65 bits per heavy atom. The Labute approximate surface area is 254 Å². The molecule has 0 aliphatic rings. The zero-order valence-electron chi connectivity index (χ0n) is 23.4. The molecule has 43 heavy (non-hydrogen) atoms. The van der Waals surface area contributed by atoms with Crippen LogP contribution in [-0.4, -0.2) is 76.5 Å². The third kappa shape index (κ3) is 10.0. The summed E-state index contributed by atoms with van der Waals surface area (Å²) in [5, 5.41) is 28.2. The summed E-state index contributed by atoms with van der Waals surface area (Å²) in [6, 6.07) is 9.54. The number of nitrogens with one attached hydrogen (secondary N) is 6. The third-order valence-corrected chi connectivity index (χ3v) is 7.09. The molecule has 14 heteroatoms. The Balaban J connectivity index is 1.66. The minimum atomic E-state index is -1.14. The molecule has 1 heterocycles. The zero-order valence-corrected chi connectivity index (χ0v) is 24.3. The van der Waals surface area contributed by atoms with E-state index in [0.29, 0.717) is 18.5 Å². The van der Waals surface area contributed by atoms with Crippen LogP contribution in [0.4, 0.5) is 0 Å². The lowest BCUT2D eigenvalue weighted by Crippen LogP contribution is -2.58. The molecule has 0 aliphatic carbocycles. The first-order chi connectivity index (χ1) is 20.6. The molecular formula is C29H37N8O5S. The maximum atomic E-state index is 13.3. The number of amides is 3. The first kappa shape index (κ1) is 32.9. The van der Waals surface area contributed by atoms with Crippen molar-refractivity contribution in [2.75, 3.05) is 12.3 Å². The van der Waals surface area contributed by atoms with E-state index in [2.05, 4.69) is 38.9 Å². The molecule has 229 valence electrons. The van der Waals surface area contributed by atoms with Crippen LogP contribution in [0.25, 0.3) is 10.9 Å². The van der Waals surface area contributed by atoms with E-state index in [1.54, 1.807) is 24.6 Å². The normalized spacial score (nSPS) is 13.7. The molecule has 4 atom stereocenters. The van der Waals surface area contributed by atoms with Crippen LogP contribution >= 0.6 is 12.6 Å². The first-order valence-corrected chi connectivity index (χ1v) is 14.3. The molecule has 0 spiro atoms. The number of aromatic amines is 1. The number of phenols is 1. The lowest BCUT2D eigenvalue weighted by Gasteiger charge is -2.24. The molecule has 3 rings (SSSR count). The molecule has 0 saturated heterocycles. The minimum Gasteiger partial charge on any atom is -0.508 e. The average Bonchev–Trinajstić information content (AvgIpc) is 3.40. The van der Waals surface area contributed by atoms with Crippen molar-refractivity contribution >= 4 is 53.5 Å². The number of phenolic OH excluding ortho intramolecular Hbond substituents is 1. The SMILES string of the molecule is N=C(N)NCCC[C@@H]([C]=O)NC(=O)[C@H](Cc1ccc(O)cc1)NC(=O)[C@H](CS)NC(=O)[C@@H](N)Cc1c[nH]c2ccccc12. The van der Waals surface area contributed by atoms with Crippen molar-refractivity contribution in [3.63, 3.8) is 0 Å². The number of H-pyrrole nitrogens is 1. The van der Waals surface area contributed by atoms with E-state index in [1.807, 2.05) is 24.3 Å². The van der Waals surface area contributed by atoms with Crippen LogP contribution in [0.3, 0.4) is 0 Å². The lowest BCUT2D eigenvalue weighted by atomic mass is 10.0. The molecule has 3 aromatic rings. The Morgan fingerprint density at radius 3 is 2.33 bits per heavy atom. The van der Waals surface area contributed by atoms with Gasteiger partial charge in [0.2, 0.25) is 24.0 Å². The van der Waals surface area contributed by atoms with E-state index in [0.717, 1.165) is 16.5 Å². The molecule has 0 bridgehead atoms. The van der Waals surface area contributed by atoms with Crippen LogP contribution in [0.15, 0.2) is 54.7 Å². The van der Waals surface area contributed by atoms with Crippen molar-refractivity contribution in [1.82, 2.24) is 26.3 Å². The highest BCUT2D eigenvalue weighted by molar-refractivity contribution is 7.80. The number of hydrogen-bond acceptors (Lipinski definition) is 8. The number of aromatic hydroxyl groups is 1. The van der Waals surface area contributed by atoms with E-state index in [9.17, 15) is 24.3 Å². The van der Waals surface area contributed by atoms with Crippen LogP contribution in [-0.2, 0) is 32.0 Å². The Kier molecular flexibility index (Phi) is 12.4. The van der Waals surface area contributed by atoms with Gasteiger partial charge in [0.1, 0.15) is 17.8 Å². The van der Waals surface area contributed by atoms with Crippen molar-refractivity contribution in [1.29, 1.82) is 5.41 Å². The monoisotopic (exact) mass is 609 g/mol. The van der Waals surface area contributed by atoms with Gasteiger partial charge in [-0.3, -0.25) is 24.6 Å². The van der Waals surface area contributed by atoms with Gasteiger partial charge >= 0.3 is 0 Å². The van der Waals surface area contributed by atoms with Gasteiger partial charge in [-0.15, -0.1) is 0 Å². The number of rotatable bonds is 16. The number of carbonyl (C=O) groups excluding carboxylic acids is 4. The summed E-state index contributed by atoms with van der Waals surface area (Å²) in [4.78, 5) is 54.1. The van der Waals surface area contributed by atoms with Gasteiger partial charge in [-0.1, -0.05) is 30.3 Å². The van der Waals surface area contributed by atoms with Crippen LogP contribution < -0.4 is 32.7 Å². The molecule has 1 radical (unpaired) electrons. The maximum Gasteiger partial charge on any atom is 0.244 e. The summed E-state index contributed by atoms with van der Waals surface area (Å²) in [7, 11) is 0. The number of hydrogen-bond donors (Lipinski definition) is 10. The first-order valence-electron chi connectivity index (χ1n) is 13.7. The van der Waals surface area contributed by atoms with Crippen molar-refractivity contribution in [2.24, 2.45) is 11.5 Å². The highest BCUT2D eigenvalue weighted by Gasteiger charge is 2.29. The highest BCUT2D eigenvalue weighted by Crippen LogP contribution is 2.19. The second kappa shape index (κ2) is 16.2. The fraction of sp³-hybridized carbons (Fsp3) is 0.345. The largest absolute Gasteiger partial charge is 0.508 e. The zero-order chi connectivity index (χ0) is 31.4. The number of benzene rings is 2. The molecule has 2 aromatic carbocycles. The number of carbonyl (C=O) groups is 3. The Morgan fingerprint density at radius 1 is 0.977 bits per heavy atom. The molecular weight excluding hydrogens is 572 g/mol. The van der Waals surface area contributed by atoms with Crippen LogP contribution in [0.2, 0.25) is 0 Å². The topological polar surface area (TPSA) is 228 Å². The van der Waals surface area contributed by atoms with Gasteiger partial charge in [0.15, 0.2) is 5.96 Å². The summed E-state index contributed by atoms with van der Waals surface area (Å²) < 4.78 is 0. The molecule has 13 nitrogen and oxygen atoms in total. The summed E-state index contributed by atoms with van der Waals surface area (Å²) in [5.41, 5.74) is 13.8. The third-order valence-electron chi connectivity index (χ3n) is 6.72. The maximum absolute atomic E-state index is 13.3. The molecule has 11 N–H and O–H groups in total. The number of thiol groups is 1. The summed E-state index contributed by atoms with van der Waals surface area (Å²) in [5.74, 6) is -2.12. The smallest absolute Gasteiger partial charge is 0.244 e. The van der Waals surface area contributed by atoms with Gasteiger partial charge in [-0.05, 0) is 48.6 Å². The quantitative estimate of drug-likeness (QED) is 0.0449. The van der Waals surface area contributed by atoms with Crippen LogP contribution in [0, 0.1) is 5.41 Å². The summed E-state index contributed by atoms with van der Waals surface area (Å²) in [6.45, 7) is 0.322. The molecule has 0 fully saturated rings. The molecule has 3 amide bonds. The lowest BCUT2D eigenvalue weighted by molar-refractivity contribution is -0.132. The van der Waals surface area contributed by atoms with Crippen molar-refractivity contribution in [2.45, 2.75) is 49.9 Å². The van der Waals surface area contributed by atoms with E-state index in [4.69, 9.17) is 16.9 Å². The fourth-order valence-corrected chi connectivity index (χ4v) is 4.67. The Bertz CT molecular complexity index is 1410. The van der Waals surface area contributed by atoms with E-state index >= 15 is 0 Å². The van der Waals surface area contributed by atoms with Gasteiger partial charge in [0, 0.05) is 35.8 Å². The molecule has 0 unspecified atom stereocenters. The molecule has 1 aromatic heterocycles. The van der Waals surface area contributed by atoms with Gasteiger partial charge in [-0.2, -0.15) is 12.6 Å². The van der Waals surface area contributed by atoms with Crippen LogP contribution in [0.1, 0.15) is 24.0 Å². The van der Waals surface area contributed by atoms with E-state index in [1.165, 1.54) is 12.1 Å². The molecule has 0 aliphatic heterocycles. The van der Waals surface area contributed by atoms with E-state index in [-0.39, 0.29) is 36.7 Å². The highest BCUT2D eigenvalue weighted by atomic mass is 32.1. The second-order valence-corrected chi connectivity index (χ2v) is 10.4. The van der Waals surface area contributed by atoms with Crippen molar-refractivity contribution < 1.29 is 24.3 Å². The van der Waals surface area contributed by atoms with Crippen molar-refractivity contribution in [3.05, 3.63) is 65.9 Å². The number of guanidine groups is 1. The predicted molar refractivity (Wildman–Crippen MR) is 166 cm³/mol. The average molecular weight is 610 g/mol. The number of para-hydroxylation sites is 1. The van der Waals surface area contributed by atoms with Gasteiger partial charge in [0.05, 0.1) is 12.1 Å². The van der Waals surface area contributed by atoms with Crippen molar-refractivity contribution in [3.8, 4) is 5.75 Å². The predicted octanol–water partition coefficient (Wildman–Crippen LogP) is -0.257. The number of aromatic nitrogens is 1. The van der Waals surface area contributed by atoms with Crippen LogP contribution in [0.5, 0.6) is 5.75 Å². The standard InChI is InChI=1S/C29H37N8O5S/c30-22(13-18-14-34-23-6-2-1-5-21(18)23)26(40)37-25(16-43)28(42)36-24(12-17-7-9-20(39)10-8-17)27(41)35-19(15-38)4-3-11-33-29(31)32/h1-2,5-10,14,19,22,24-25,34,39,43H,3-4,11-13,16,30H2,(H,35,41)(H,36,42)(H,37,40)(H4,31,32,33)/t19-,22-,24-,25-/m0/s1. The number of fused-ring (bicyclic) bond motifs is 1. The molecule has 0 saturated carbocycles.